The molecule has 16 heavy (non-hydrogen) atoms. The lowest BCUT2D eigenvalue weighted by molar-refractivity contribution is 0.313. The number of nitrogens with one attached hydrogen (secondary N) is 1. The lowest BCUT2D eigenvalue weighted by Gasteiger charge is -2.17. The van der Waals surface area contributed by atoms with Gasteiger partial charge in [0.15, 0.2) is 0 Å². The summed E-state index contributed by atoms with van der Waals surface area (Å²) >= 11 is 0. The SMILES string of the molecule is CN1CCC[C@@H]1c1cc2cnc(N)cc2[nH]1. The van der Waals surface area contributed by atoms with Crippen LogP contribution in [0.2, 0.25) is 0 Å². The predicted octanol–water partition coefficient (Wildman–Crippen LogP) is 1.91. The molecule has 2 aromatic rings. The Bertz CT molecular complexity index is 517. The van der Waals surface area contributed by atoms with Crippen molar-refractivity contribution in [3.63, 3.8) is 0 Å². The van der Waals surface area contributed by atoms with Crippen LogP contribution in [0.3, 0.4) is 0 Å². The summed E-state index contributed by atoms with van der Waals surface area (Å²) < 4.78 is 0. The highest BCUT2D eigenvalue weighted by Crippen LogP contribution is 2.31. The first-order valence-corrected chi connectivity index (χ1v) is 5.68. The molecule has 1 aliphatic rings. The Morgan fingerprint density at radius 3 is 3.12 bits per heavy atom. The number of nitrogen functional groups attached to an aromatic ring is 1. The topological polar surface area (TPSA) is 57.9 Å². The van der Waals surface area contributed by atoms with Crippen molar-refractivity contribution in [3.05, 3.63) is 24.0 Å². The molecular weight excluding hydrogens is 200 g/mol. The zero-order chi connectivity index (χ0) is 11.1. The molecule has 84 valence electrons. The second kappa shape index (κ2) is 3.49. The summed E-state index contributed by atoms with van der Waals surface area (Å²) in [5.74, 6) is 0.570. The number of likely N-dealkylation sites (tertiary alicyclic amines) is 1. The largest absolute Gasteiger partial charge is 0.384 e. The minimum Gasteiger partial charge on any atom is -0.384 e. The number of aromatic amines is 1. The molecule has 0 unspecified atom stereocenters. The van der Waals surface area contributed by atoms with E-state index in [2.05, 4.69) is 28.0 Å². The first-order chi connectivity index (χ1) is 7.74. The van der Waals surface area contributed by atoms with Gasteiger partial charge in [0.1, 0.15) is 5.82 Å². The summed E-state index contributed by atoms with van der Waals surface area (Å²) in [7, 11) is 2.18. The fourth-order valence-corrected chi connectivity index (χ4v) is 2.55. The third kappa shape index (κ3) is 1.46. The number of pyridine rings is 1. The molecule has 1 fully saturated rings. The predicted molar refractivity (Wildman–Crippen MR) is 65.1 cm³/mol. The normalized spacial score (nSPS) is 21.9. The number of fused-ring (bicyclic) bond motifs is 1. The third-order valence-corrected chi connectivity index (χ3v) is 3.43. The van der Waals surface area contributed by atoms with E-state index in [4.69, 9.17) is 5.73 Å². The second-order valence-corrected chi connectivity index (χ2v) is 4.56. The van der Waals surface area contributed by atoms with Gasteiger partial charge in [-0.25, -0.2) is 4.98 Å². The summed E-state index contributed by atoms with van der Waals surface area (Å²) in [5, 5.41) is 1.14. The summed E-state index contributed by atoms with van der Waals surface area (Å²) in [6.45, 7) is 1.18. The van der Waals surface area contributed by atoms with E-state index >= 15 is 0 Å². The molecule has 2 aromatic heterocycles. The summed E-state index contributed by atoms with van der Waals surface area (Å²) in [5.41, 5.74) is 8.04. The Balaban J connectivity index is 2.04. The maximum absolute atomic E-state index is 5.67. The van der Waals surface area contributed by atoms with Gasteiger partial charge in [0, 0.05) is 29.4 Å². The molecule has 0 aliphatic carbocycles. The highest BCUT2D eigenvalue weighted by Gasteiger charge is 2.23. The van der Waals surface area contributed by atoms with Crippen LogP contribution in [0.4, 0.5) is 5.82 Å². The zero-order valence-electron chi connectivity index (χ0n) is 9.40. The Kier molecular flexibility index (Phi) is 2.11. The molecule has 3 rings (SSSR count). The third-order valence-electron chi connectivity index (χ3n) is 3.43. The van der Waals surface area contributed by atoms with Gasteiger partial charge in [-0.15, -0.1) is 0 Å². The number of aromatic nitrogens is 2. The minimum absolute atomic E-state index is 0.522. The van der Waals surface area contributed by atoms with E-state index in [-0.39, 0.29) is 0 Å². The van der Waals surface area contributed by atoms with Gasteiger partial charge in [-0.1, -0.05) is 0 Å². The maximum Gasteiger partial charge on any atom is 0.125 e. The van der Waals surface area contributed by atoms with Crippen LogP contribution in [-0.4, -0.2) is 28.5 Å². The van der Waals surface area contributed by atoms with Crippen LogP contribution in [0.15, 0.2) is 18.3 Å². The van der Waals surface area contributed by atoms with Crippen molar-refractivity contribution in [1.82, 2.24) is 14.9 Å². The van der Waals surface area contributed by atoms with E-state index in [1.165, 1.54) is 25.1 Å². The van der Waals surface area contributed by atoms with Crippen molar-refractivity contribution < 1.29 is 0 Å². The molecule has 0 aromatic carbocycles. The fraction of sp³-hybridized carbons (Fsp3) is 0.417. The van der Waals surface area contributed by atoms with Crippen molar-refractivity contribution >= 4 is 16.7 Å². The summed E-state index contributed by atoms with van der Waals surface area (Å²) in [6.07, 6.45) is 4.34. The zero-order valence-corrected chi connectivity index (χ0v) is 9.40. The van der Waals surface area contributed by atoms with E-state index in [1.807, 2.05) is 12.3 Å². The van der Waals surface area contributed by atoms with Crippen LogP contribution in [0.25, 0.3) is 10.9 Å². The van der Waals surface area contributed by atoms with E-state index in [0.717, 1.165) is 10.9 Å². The first-order valence-electron chi connectivity index (χ1n) is 5.68. The molecular formula is C12H16N4. The molecule has 4 nitrogen and oxygen atoms in total. The number of rotatable bonds is 1. The average molecular weight is 216 g/mol. The smallest absolute Gasteiger partial charge is 0.125 e. The van der Waals surface area contributed by atoms with Crippen molar-refractivity contribution in [1.29, 1.82) is 0 Å². The second-order valence-electron chi connectivity index (χ2n) is 4.56. The van der Waals surface area contributed by atoms with Crippen molar-refractivity contribution in [2.75, 3.05) is 19.3 Å². The van der Waals surface area contributed by atoms with Crippen molar-refractivity contribution in [2.45, 2.75) is 18.9 Å². The van der Waals surface area contributed by atoms with Gasteiger partial charge in [0.25, 0.3) is 0 Å². The van der Waals surface area contributed by atoms with Crippen molar-refractivity contribution in [3.8, 4) is 0 Å². The average Bonchev–Trinajstić information content (AvgIpc) is 2.82. The van der Waals surface area contributed by atoms with Crippen LogP contribution in [0.5, 0.6) is 0 Å². The van der Waals surface area contributed by atoms with Gasteiger partial charge in [-0.3, -0.25) is 4.90 Å². The number of hydrogen-bond donors (Lipinski definition) is 2. The lowest BCUT2D eigenvalue weighted by Crippen LogP contribution is -2.17. The number of H-pyrrole nitrogens is 1. The number of hydrogen-bond acceptors (Lipinski definition) is 3. The quantitative estimate of drug-likeness (QED) is 0.765. The molecule has 0 spiro atoms. The molecule has 0 bridgehead atoms. The molecule has 4 heteroatoms. The molecule has 1 aliphatic heterocycles. The van der Waals surface area contributed by atoms with Gasteiger partial charge in [-0.05, 0) is 32.5 Å². The molecule has 1 atom stereocenters. The minimum atomic E-state index is 0.522. The maximum atomic E-state index is 5.67. The van der Waals surface area contributed by atoms with Crippen molar-refractivity contribution in [2.24, 2.45) is 0 Å². The summed E-state index contributed by atoms with van der Waals surface area (Å²) in [6, 6.07) is 4.61. The molecule has 3 N–H and O–H groups in total. The molecule has 0 amide bonds. The standard InChI is InChI=1S/C12H16N4/c1-16-4-2-3-11(16)10-5-8-7-14-12(13)6-9(8)15-10/h5-7,11,15H,2-4H2,1H3,(H2,13,14)/t11-/m1/s1. The van der Waals surface area contributed by atoms with Gasteiger partial charge in [0.05, 0.1) is 5.52 Å². The van der Waals surface area contributed by atoms with E-state index in [9.17, 15) is 0 Å². The van der Waals surface area contributed by atoms with Gasteiger partial charge in [0.2, 0.25) is 0 Å². The highest BCUT2D eigenvalue weighted by atomic mass is 15.2. The number of nitrogens with two attached hydrogens (primary N) is 1. The van der Waals surface area contributed by atoms with Crippen LogP contribution < -0.4 is 5.73 Å². The fourth-order valence-electron chi connectivity index (χ4n) is 2.55. The van der Waals surface area contributed by atoms with Crippen LogP contribution in [0, 0.1) is 0 Å². The Morgan fingerprint density at radius 2 is 2.38 bits per heavy atom. The van der Waals surface area contributed by atoms with Gasteiger partial charge >= 0.3 is 0 Å². The van der Waals surface area contributed by atoms with Gasteiger partial charge < -0.3 is 10.7 Å². The summed E-state index contributed by atoms with van der Waals surface area (Å²) in [4.78, 5) is 9.95. The number of nitrogens with zero attached hydrogens (tertiary/aromatic N) is 2. The van der Waals surface area contributed by atoms with Gasteiger partial charge in [-0.2, -0.15) is 0 Å². The Morgan fingerprint density at radius 1 is 1.50 bits per heavy atom. The van der Waals surface area contributed by atoms with E-state index in [1.54, 1.807) is 0 Å². The number of anilines is 1. The van der Waals surface area contributed by atoms with E-state index < -0.39 is 0 Å². The Labute approximate surface area is 94.5 Å². The van der Waals surface area contributed by atoms with Crippen LogP contribution >= 0.6 is 0 Å². The monoisotopic (exact) mass is 216 g/mol. The Hall–Kier alpha value is -1.55. The van der Waals surface area contributed by atoms with Crippen LogP contribution in [-0.2, 0) is 0 Å². The molecule has 3 heterocycles. The first kappa shape index (κ1) is 9.66. The van der Waals surface area contributed by atoms with Crippen LogP contribution in [0.1, 0.15) is 24.6 Å². The lowest BCUT2D eigenvalue weighted by atomic mass is 10.1. The molecule has 0 saturated carbocycles. The highest BCUT2D eigenvalue weighted by molar-refractivity contribution is 5.81. The van der Waals surface area contributed by atoms with E-state index in [0.29, 0.717) is 11.9 Å². The molecule has 1 saturated heterocycles. The molecule has 0 radical (unpaired) electrons.